The molecule has 1 unspecified atom stereocenters. The van der Waals surface area contributed by atoms with E-state index in [-0.39, 0.29) is 5.60 Å². The molecule has 0 fully saturated rings. The minimum Gasteiger partial charge on any atom is -0.384 e. The minimum atomic E-state index is -0.203. The van der Waals surface area contributed by atoms with E-state index in [0.717, 1.165) is 18.6 Å². The van der Waals surface area contributed by atoms with Gasteiger partial charge >= 0.3 is 0 Å². The number of hydrogen-bond acceptors (Lipinski definition) is 2. The zero-order valence-corrected chi connectivity index (χ0v) is 8.66. The molecule has 1 heterocycles. The van der Waals surface area contributed by atoms with Crippen LogP contribution in [0.5, 0.6) is 0 Å². The SMILES string of the molecule is CCC1(c2ccccc2)CC(C)=NO1. The van der Waals surface area contributed by atoms with Gasteiger partial charge in [-0.1, -0.05) is 42.4 Å². The summed E-state index contributed by atoms with van der Waals surface area (Å²) in [5.41, 5.74) is 2.10. The van der Waals surface area contributed by atoms with Gasteiger partial charge in [-0.05, 0) is 18.9 Å². The predicted molar refractivity (Wildman–Crippen MR) is 57.2 cm³/mol. The summed E-state index contributed by atoms with van der Waals surface area (Å²) in [6.07, 6.45) is 1.87. The summed E-state index contributed by atoms with van der Waals surface area (Å²) in [5.74, 6) is 0. The fraction of sp³-hybridized carbons (Fsp3) is 0.417. The average molecular weight is 189 g/mol. The van der Waals surface area contributed by atoms with E-state index < -0.39 is 0 Å². The fourth-order valence-electron chi connectivity index (χ4n) is 1.93. The lowest BCUT2D eigenvalue weighted by molar-refractivity contribution is -0.0263. The maximum Gasteiger partial charge on any atom is 0.167 e. The summed E-state index contributed by atoms with van der Waals surface area (Å²) in [4.78, 5) is 5.58. The second kappa shape index (κ2) is 3.45. The molecular formula is C12H15NO. The molecule has 2 nitrogen and oxygen atoms in total. The molecule has 1 atom stereocenters. The van der Waals surface area contributed by atoms with Crippen molar-refractivity contribution in [2.45, 2.75) is 32.3 Å². The molecule has 14 heavy (non-hydrogen) atoms. The lowest BCUT2D eigenvalue weighted by Crippen LogP contribution is -2.24. The Morgan fingerprint density at radius 1 is 1.36 bits per heavy atom. The molecule has 0 aliphatic carbocycles. The van der Waals surface area contributed by atoms with Crippen molar-refractivity contribution in [1.29, 1.82) is 0 Å². The third-order valence-electron chi connectivity index (χ3n) is 2.79. The van der Waals surface area contributed by atoms with Gasteiger partial charge in [0.2, 0.25) is 0 Å². The molecule has 1 aliphatic heterocycles. The molecular weight excluding hydrogens is 174 g/mol. The monoisotopic (exact) mass is 189 g/mol. The van der Waals surface area contributed by atoms with E-state index in [1.807, 2.05) is 25.1 Å². The summed E-state index contributed by atoms with van der Waals surface area (Å²) in [5, 5.41) is 4.05. The molecule has 1 aromatic rings. The van der Waals surface area contributed by atoms with Crippen LogP contribution < -0.4 is 0 Å². The molecule has 0 amide bonds. The van der Waals surface area contributed by atoms with Gasteiger partial charge in [0.1, 0.15) is 0 Å². The first kappa shape index (κ1) is 9.25. The van der Waals surface area contributed by atoms with Crippen molar-refractivity contribution in [2.75, 3.05) is 0 Å². The standard InChI is InChI=1S/C12H15NO/c1-3-12(9-10(2)13-14-12)11-7-5-4-6-8-11/h4-8H,3,9H2,1-2H3. The van der Waals surface area contributed by atoms with Crippen LogP contribution in [0.4, 0.5) is 0 Å². The van der Waals surface area contributed by atoms with Crippen LogP contribution in [-0.4, -0.2) is 5.71 Å². The van der Waals surface area contributed by atoms with Gasteiger partial charge in [-0.25, -0.2) is 0 Å². The van der Waals surface area contributed by atoms with Crippen LogP contribution >= 0.6 is 0 Å². The van der Waals surface area contributed by atoms with E-state index in [4.69, 9.17) is 4.84 Å². The highest BCUT2D eigenvalue weighted by molar-refractivity contribution is 5.83. The normalized spacial score (nSPS) is 25.7. The quantitative estimate of drug-likeness (QED) is 0.700. The maximum absolute atomic E-state index is 5.58. The highest BCUT2D eigenvalue weighted by Crippen LogP contribution is 2.37. The molecule has 1 aromatic carbocycles. The Hall–Kier alpha value is -1.31. The van der Waals surface area contributed by atoms with Crippen molar-refractivity contribution >= 4 is 5.71 Å². The van der Waals surface area contributed by atoms with Crippen molar-refractivity contribution < 1.29 is 4.84 Å². The van der Waals surface area contributed by atoms with Crippen LogP contribution in [-0.2, 0) is 10.4 Å². The molecule has 0 spiro atoms. The van der Waals surface area contributed by atoms with Gasteiger partial charge in [-0.15, -0.1) is 0 Å². The largest absolute Gasteiger partial charge is 0.384 e. The number of oxime groups is 1. The van der Waals surface area contributed by atoms with Crippen LogP contribution in [0.15, 0.2) is 35.5 Å². The number of nitrogens with zero attached hydrogens (tertiary/aromatic N) is 1. The van der Waals surface area contributed by atoms with Gasteiger partial charge in [-0.2, -0.15) is 0 Å². The number of rotatable bonds is 2. The molecule has 1 aliphatic rings. The Morgan fingerprint density at radius 3 is 2.57 bits per heavy atom. The molecule has 0 aromatic heterocycles. The summed E-state index contributed by atoms with van der Waals surface area (Å²) in [7, 11) is 0. The lowest BCUT2D eigenvalue weighted by Gasteiger charge is -2.25. The van der Waals surface area contributed by atoms with Crippen LogP contribution in [0.1, 0.15) is 32.3 Å². The Labute approximate surface area is 84.6 Å². The molecule has 0 saturated carbocycles. The highest BCUT2D eigenvalue weighted by Gasteiger charge is 2.37. The average Bonchev–Trinajstić information content (AvgIpc) is 2.63. The van der Waals surface area contributed by atoms with Crippen molar-refractivity contribution in [3.63, 3.8) is 0 Å². The molecule has 0 N–H and O–H groups in total. The Morgan fingerprint density at radius 2 is 2.07 bits per heavy atom. The predicted octanol–water partition coefficient (Wildman–Crippen LogP) is 3.09. The van der Waals surface area contributed by atoms with Gasteiger partial charge in [0.25, 0.3) is 0 Å². The Bertz CT molecular complexity index is 345. The Kier molecular flexibility index (Phi) is 2.28. The van der Waals surface area contributed by atoms with Crippen LogP contribution in [0.3, 0.4) is 0 Å². The van der Waals surface area contributed by atoms with Crippen molar-refractivity contribution in [2.24, 2.45) is 5.16 Å². The molecule has 74 valence electrons. The maximum atomic E-state index is 5.58. The van der Waals surface area contributed by atoms with Crippen molar-refractivity contribution in [3.8, 4) is 0 Å². The van der Waals surface area contributed by atoms with Gasteiger partial charge in [0.15, 0.2) is 5.60 Å². The second-order valence-corrected chi connectivity index (χ2v) is 3.81. The van der Waals surface area contributed by atoms with Crippen LogP contribution in [0.2, 0.25) is 0 Å². The zero-order chi connectivity index (χ0) is 10.0. The van der Waals surface area contributed by atoms with Crippen LogP contribution in [0, 0.1) is 0 Å². The van der Waals surface area contributed by atoms with Gasteiger partial charge in [0, 0.05) is 6.42 Å². The van der Waals surface area contributed by atoms with E-state index >= 15 is 0 Å². The van der Waals surface area contributed by atoms with Gasteiger partial charge in [0.05, 0.1) is 5.71 Å². The van der Waals surface area contributed by atoms with Crippen molar-refractivity contribution in [1.82, 2.24) is 0 Å². The first-order valence-corrected chi connectivity index (χ1v) is 5.04. The first-order chi connectivity index (χ1) is 6.77. The Balaban J connectivity index is 2.32. The molecule has 0 bridgehead atoms. The second-order valence-electron chi connectivity index (χ2n) is 3.81. The summed E-state index contributed by atoms with van der Waals surface area (Å²) < 4.78 is 0. The van der Waals surface area contributed by atoms with Crippen LogP contribution in [0.25, 0.3) is 0 Å². The van der Waals surface area contributed by atoms with E-state index in [1.165, 1.54) is 5.56 Å². The molecule has 2 rings (SSSR count). The summed E-state index contributed by atoms with van der Waals surface area (Å²) in [6, 6.07) is 10.3. The molecule has 2 heteroatoms. The fourth-order valence-corrected chi connectivity index (χ4v) is 1.93. The smallest absolute Gasteiger partial charge is 0.167 e. The minimum absolute atomic E-state index is 0.203. The molecule has 0 saturated heterocycles. The summed E-state index contributed by atoms with van der Waals surface area (Å²) in [6.45, 7) is 4.15. The van der Waals surface area contributed by atoms with E-state index in [2.05, 4.69) is 24.2 Å². The van der Waals surface area contributed by atoms with Gasteiger partial charge < -0.3 is 4.84 Å². The van der Waals surface area contributed by atoms with E-state index in [1.54, 1.807) is 0 Å². The third kappa shape index (κ3) is 1.41. The topological polar surface area (TPSA) is 21.6 Å². The van der Waals surface area contributed by atoms with Gasteiger partial charge in [-0.3, -0.25) is 0 Å². The lowest BCUT2D eigenvalue weighted by atomic mass is 9.87. The first-order valence-electron chi connectivity index (χ1n) is 5.04. The summed E-state index contributed by atoms with van der Waals surface area (Å²) >= 11 is 0. The highest BCUT2D eigenvalue weighted by atomic mass is 16.7. The van der Waals surface area contributed by atoms with E-state index in [9.17, 15) is 0 Å². The third-order valence-corrected chi connectivity index (χ3v) is 2.79. The van der Waals surface area contributed by atoms with E-state index in [0.29, 0.717) is 0 Å². The zero-order valence-electron chi connectivity index (χ0n) is 8.66. The number of benzene rings is 1. The molecule has 0 radical (unpaired) electrons. The van der Waals surface area contributed by atoms with Crippen molar-refractivity contribution in [3.05, 3.63) is 35.9 Å². The number of hydrogen-bond donors (Lipinski definition) is 0.